The van der Waals surface area contributed by atoms with Gasteiger partial charge in [-0.1, -0.05) is 27.7 Å². The summed E-state index contributed by atoms with van der Waals surface area (Å²) >= 11 is 5.56. The highest BCUT2D eigenvalue weighted by atomic mass is 32.2. The highest BCUT2D eigenvalue weighted by Crippen LogP contribution is 2.22. The number of aromatic nitrogens is 3. The van der Waals surface area contributed by atoms with Gasteiger partial charge in [0.2, 0.25) is 0 Å². The predicted octanol–water partition coefficient (Wildman–Crippen LogP) is 2.50. The standard InChI is InChI=1S/C17H32N4O2S2/c1-13(2)9-20(10-14(3)4)12-21-17(24)19(5)16(18-21)8-15-6-7-25(22,23)11-15/h13-15H,6-12H2,1-5H3. The van der Waals surface area contributed by atoms with E-state index in [1.165, 1.54) is 0 Å². The van der Waals surface area contributed by atoms with Crippen molar-refractivity contribution in [2.45, 2.75) is 47.2 Å². The maximum absolute atomic E-state index is 11.7. The second kappa shape index (κ2) is 8.31. The van der Waals surface area contributed by atoms with Crippen molar-refractivity contribution in [3.05, 3.63) is 10.6 Å². The van der Waals surface area contributed by atoms with Crippen molar-refractivity contribution in [2.75, 3.05) is 24.6 Å². The number of rotatable bonds is 8. The molecule has 1 unspecified atom stereocenters. The van der Waals surface area contributed by atoms with Crippen LogP contribution in [0.3, 0.4) is 0 Å². The molecule has 1 atom stereocenters. The predicted molar refractivity (Wildman–Crippen MR) is 104 cm³/mol. The molecule has 1 aliphatic heterocycles. The highest BCUT2D eigenvalue weighted by molar-refractivity contribution is 7.91. The highest BCUT2D eigenvalue weighted by Gasteiger charge is 2.29. The molecule has 0 amide bonds. The summed E-state index contributed by atoms with van der Waals surface area (Å²) < 4.78 is 27.9. The molecule has 1 aromatic heterocycles. The van der Waals surface area contributed by atoms with Crippen LogP contribution in [0.4, 0.5) is 0 Å². The van der Waals surface area contributed by atoms with E-state index in [1.807, 2.05) is 16.3 Å². The van der Waals surface area contributed by atoms with Crippen LogP contribution in [0.15, 0.2) is 0 Å². The van der Waals surface area contributed by atoms with Gasteiger partial charge in [-0.15, -0.1) is 0 Å². The first-order valence-corrected chi connectivity index (χ1v) is 11.4. The summed E-state index contributed by atoms with van der Waals surface area (Å²) in [5, 5.41) is 4.71. The van der Waals surface area contributed by atoms with Gasteiger partial charge >= 0.3 is 0 Å². The maximum Gasteiger partial charge on any atom is 0.198 e. The third kappa shape index (κ3) is 5.89. The lowest BCUT2D eigenvalue weighted by atomic mass is 10.1. The van der Waals surface area contributed by atoms with Crippen molar-refractivity contribution in [1.82, 2.24) is 19.2 Å². The van der Waals surface area contributed by atoms with E-state index in [9.17, 15) is 8.42 Å². The van der Waals surface area contributed by atoms with E-state index in [0.29, 0.717) is 35.4 Å². The number of hydrogen-bond acceptors (Lipinski definition) is 5. The summed E-state index contributed by atoms with van der Waals surface area (Å²) in [7, 11) is -0.925. The van der Waals surface area contributed by atoms with Crippen molar-refractivity contribution < 1.29 is 8.42 Å². The summed E-state index contributed by atoms with van der Waals surface area (Å²) in [6.07, 6.45) is 1.41. The van der Waals surface area contributed by atoms with Gasteiger partial charge in [0.25, 0.3) is 0 Å². The van der Waals surface area contributed by atoms with Crippen LogP contribution in [0, 0.1) is 22.5 Å². The molecule has 0 N–H and O–H groups in total. The van der Waals surface area contributed by atoms with E-state index < -0.39 is 9.84 Å². The Balaban J connectivity index is 2.12. The molecule has 0 spiro atoms. The molecule has 6 nitrogen and oxygen atoms in total. The first-order chi connectivity index (χ1) is 11.6. The molecule has 2 heterocycles. The van der Waals surface area contributed by atoms with Gasteiger partial charge in [-0.2, -0.15) is 5.10 Å². The minimum atomic E-state index is -2.86. The molecule has 0 saturated carbocycles. The third-order valence-electron chi connectivity index (χ3n) is 4.51. The van der Waals surface area contributed by atoms with Gasteiger partial charge in [0, 0.05) is 26.6 Å². The molecule has 0 aromatic carbocycles. The Morgan fingerprint density at radius 1 is 1.24 bits per heavy atom. The number of nitrogens with zero attached hydrogens (tertiary/aromatic N) is 4. The van der Waals surface area contributed by atoms with Gasteiger partial charge in [0.1, 0.15) is 5.82 Å². The van der Waals surface area contributed by atoms with Crippen LogP contribution in [-0.2, 0) is 30.0 Å². The Morgan fingerprint density at radius 3 is 2.32 bits per heavy atom. The zero-order valence-electron chi connectivity index (χ0n) is 16.1. The molecule has 1 fully saturated rings. The Kier molecular flexibility index (Phi) is 6.84. The summed E-state index contributed by atoms with van der Waals surface area (Å²) in [4.78, 5) is 2.39. The average molecular weight is 389 g/mol. The molecular formula is C17H32N4O2S2. The van der Waals surface area contributed by atoms with Gasteiger partial charge in [-0.05, 0) is 36.4 Å². The normalized spacial score (nSPS) is 20.2. The first-order valence-electron chi connectivity index (χ1n) is 9.13. The van der Waals surface area contributed by atoms with Gasteiger partial charge in [-0.25, -0.2) is 13.1 Å². The van der Waals surface area contributed by atoms with Gasteiger partial charge < -0.3 is 4.57 Å². The van der Waals surface area contributed by atoms with E-state index in [4.69, 9.17) is 17.3 Å². The van der Waals surface area contributed by atoms with Crippen LogP contribution in [0.2, 0.25) is 0 Å². The molecule has 1 aromatic rings. The number of sulfone groups is 1. The SMILES string of the molecule is CC(C)CN(CC(C)C)Cn1nc(CC2CCS(=O)(=O)C2)n(C)c1=S. The maximum atomic E-state index is 11.7. The lowest BCUT2D eigenvalue weighted by Crippen LogP contribution is -2.33. The van der Waals surface area contributed by atoms with Crippen LogP contribution in [0.5, 0.6) is 0 Å². The minimum absolute atomic E-state index is 0.163. The third-order valence-corrected chi connectivity index (χ3v) is 6.83. The zero-order chi connectivity index (χ0) is 18.8. The molecule has 144 valence electrons. The lowest BCUT2D eigenvalue weighted by molar-refractivity contribution is 0.164. The van der Waals surface area contributed by atoms with Crippen molar-refractivity contribution in [3.63, 3.8) is 0 Å². The lowest BCUT2D eigenvalue weighted by Gasteiger charge is -2.25. The van der Waals surface area contributed by atoms with E-state index in [-0.39, 0.29) is 11.7 Å². The topological polar surface area (TPSA) is 60.1 Å². The van der Waals surface area contributed by atoms with Gasteiger partial charge in [0.05, 0.1) is 18.2 Å². The molecule has 1 aliphatic rings. The van der Waals surface area contributed by atoms with Crippen LogP contribution in [0.1, 0.15) is 39.9 Å². The van der Waals surface area contributed by atoms with E-state index >= 15 is 0 Å². The Morgan fingerprint density at radius 2 is 1.84 bits per heavy atom. The first kappa shape index (κ1) is 20.6. The van der Waals surface area contributed by atoms with Crippen LogP contribution < -0.4 is 0 Å². The summed E-state index contributed by atoms with van der Waals surface area (Å²) in [6.45, 7) is 11.6. The quantitative estimate of drug-likeness (QED) is 0.641. The Labute approximate surface area is 157 Å². The smallest absolute Gasteiger partial charge is 0.198 e. The fourth-order valence-electron chi connectivity index (χ4n) is 3.51. The van der Waals surface area contributed by atoms with Crippen LogP contribution in [0.25, 0.3) is 0 Å². The van der Waals surface area contributed by atoms with Crippen molar-refractivity contribution in [1.29, 1.82) is 0 Å². The van der Waals surface area contributed by atoms with Gasteiger partial charge in [-0.3, -0.25) is 4.90 Å². The van der Waals surface area contributed by atoms with Crippen molar-refractivity contribution >= 4 is 22.1 Å². The molecule has 25 heavy (non-hydrogen) atoms. The minimum Gasteiger partial charge on any atom is -0.307 e. The summed E-state index contributed by atoms with van der Waals surface area (Å²) in [6, 6.07) is 0. The Bertz CT molecular complexity index is 724. The second-order valence-electron chi connectivity index (χ2n) is 8.20. The van der Waals surface area contributed by atoms with Gasteiger partial charge in [0.15, 0.2) is 14.6 Å². The largest absolute Gasteiger partial charge is 0.307 e. The van der Waals surface area contributed by atoms with E-state index in [2.05, 4.69) is 32.6 Å². The summed E-state index contributed by atoms with van der Waals surface area (Å²) in [5.41, 5.74) is 0. The monoisotopic (exact) mass is 388 g/mol. The second-order valence-corrected chi connectivity index (χ2v) is 10.8. The molecule has 1 saturated heterocycles. The molecular weight excluding hydrogens is 356 g/mol. The fourth-order valence-corrected chi connectivity index (χ4v) is 5.57. The van der Waals surface area contributed by atoms with Crippen molar-refractivity contribution in [3.8, 4) is 0 Å². The van der Waals surface area contributed by atoms with E-state index in [1.54, 1.807) is 0 Å². The molecule has 0 bridgehead atoms. The molecule has 0 aliphatic carbocycles. The average Bonchev–Trinajstić information content (AvgIpc) is 2.92. The summed E-state index contributed by atoms with van der Waals surface area (Å²) in [5.74, 6) is 2.80. The Hall–Kier alpha value is -0.730. The van der Waals surface area contributed by atoms with E-state index in [0.717, 1.165) is 25.3 Å². The number of hydrogen-bond donors (Lipinski definition) is 0. The van der Waals surface area contributed by atoms with Crippen LogP contribution in [-0.4, -0.2) is 52.3 Å². The molecule has 0 radical (unpaired) electrons. The zero-order valence-corrected chi connectivity index (χ0v) is 17.7. The molecule has 2 rings (SSSR count). The fraction of sp³-hybridized carbons (Fsp3) is 0.882. The molecule has 8 heteroatoms. The van der Waals surface area contributed by atoms with Crippen molar-refractivity contribution in [2.24, 2.45) is 24.8 Å². The van der Waals surface area contributed by atoms with Crippen LogP contribution >= 0.6 is 12.2 Å².